The molecule has 1 N–H and O–H groups in total. The average molecular weight is 335 g/mol. The lowest BCUT2D eigenvalue weighted by Crippen LogP contribution is -2.31. The van der Waals surface area contributed by atoms with Crippen molar-refractivity contribution in [1.29, 1.82) is 0 Å². The van der Waals surface area contributed by atoms with E-state index >= 15 is 0 Å². The van der Waals surface area contributed by atoms with Gasteiger partial charge in [0.25, 0.3) is 0 Å². The fourth-order valence-electron chi connectivity index (χ4n) is 3.13. The second-order valence-corrected chi connectivity index (χ2v) is 7.63. The Bertz CT molecular complexity index is 823. The van der Waals surface area contributed by atoms with E-state index in [1.807, 2.05) is 13.0 Å². The number of sulfonamides is 1. The third-order valence-electron chi connectivity index (χ3n) is 4.33. The van der Waals surface area contributed by atoms with E-state index in [2.05, 4.69) is 4.72 Å². The maximum absolute atomic E-state index is 12.8. The predicted molar refractivity (Wildman–Crippen MR) is 87.2 cm³/mol. The van der Waals surface area contributed by atoms with Crippen molar-refractivity contribution in [2.75, 3.05) is 7.11 Å². The molecule has 6 heteroatoms. The molecule has 1 aliphatic rings. The Morgan fingerprint density at radius 2 is 2.04 bits per heavy atom. The van der Waals surface area contributed by atoms with Crippen LogP contribution in [0.1, 0.15) is 41.3 Å². The molecule has 0 saturated heterocycles. The summed E-state index contributed by atoms with van der Waals surface area (Å²) in [4.78, 5) is 0.298. The topological polar surface area (TPSA) is 68.5 Å². The summed E-state index contributed by atoms with van der Waals surface area (Å²) in [6, 6.07) is 5.04. The highest BCUT2D eigenvalue weighted by Gasteiger charge is 2.28. The predicted octanol–water partition coefficient (Wildman–Crippen LogP) is 3.26. The fraction of sp³-hybridized carbons (Fsp3) is 0.412. The van der Waals surface area contributed by atoms with Crippen LogP contribution in [0, 0.1) is 13.8 Å². The summed E-state index contributed by atoms with van der Waals surface area (Å²) in [5.74, 6) is 1.57. The third-order valence-corrected chi connectivity index (χ3v) is 5.94. The van der Waals surface area contributed by atoms with E-state index in [4.69, 9.17) is 9.15 Å². The molecule has 1 atom stereocenters. The molecular weight excluding hydrogens is 314 g/mol. The number of benzene rings is 1. The SMILES string of the molecule is COc1cc(C)c(S(=O)(=O)NC2CCCc3occc32)cc1C. The molecule has 0 amide bonds. The minimum absolute atomic E-state index is 0.232. The summed E-state index contributed by atoms with van der Waals surface area (Å²) in [6.07, 6.45) is 4.18. The number of furan rings is 1. The van der Waals surface area contributed by atoms with Crippen LogP contribution < -0.4 is 9.46 Å². The monoisotopic (exact) mass is 335 g/mol. The molecule has 2 aromatic rings. The zero-order chi connectivity index (χ0) is 16.6. The largest absolute Gasteiger partial charge is 0.496 e. The molecule has 0 saturated carbocycles. The van der Waals surface area contributed by atoms with Gasteiger partial charge in [-0.25, -0.2) is 13.1 Å². The Hall–Kier alpha value is -1.79. The van der Waals surface area contributed by atoms with Crippen LogP contribution >= 0.6 is 0 Å². The van der Waals surface area contributed by atoms with Gasteiger partial charge in [-0.05, 0) is 56.0 Å². The summed E-state index contributed by atoms with van der Waals surface area (Å²) in [5, 5.41) is 0. The maximum Gasteiger partial charge on any atom is 0.241 e. The molecule has 1 aromatic heterocycles. The van der Waals surface area contributed by atoms with Crippen LogP contribution in [0.25, 0.3) is 0 Å². The van der Waals surface area contributed by atoms with Gasteiger partial charge in [-0.3, -0.25) is 0 Å². The summed E-state index contributed by atoms with van der Waals surface area (Å²) >= 11 is 0. The highest BCUT2D eigenvalue weighted by atomic mass is 32.2. The zero-order valence-corrected chi connectivity index (χ0v) is 14.4. The molecule has 1 aliphatic carbocycles. The van der Waals surface area contributed by atoms with Gasteiger partial charge in [0.15, 0.2) is 0 Å². The average Bonchev–Trinajstić information content (AvgIpc) is 2.98. The number of nitrogens with one attached hydrogen (secondary N) is 1. The molecular formula is C17H21NO4S. The van der Waals surface area contributed by atoms with Gasteiger partial charge in [-0.1, -0.05) is 0 Å². The number of aryl methyl sites for hydroxylation is 3. The maximum atomic E-state index is 12.8. The Labute approximate surface area is 136 Å². The van der Waals surface area contributed by atoms with Crippen molar-refractivity contribution < 1.29 is 17.6 Å². The van der Waals surface area contributed by atoms with Gasteiger partial charge in [0.05, 0.1) is 24.3 Å². The highest BCUT2D eigenvalue weighted by Crippen LogP contribution is 2.33. The molecule has 0 aliphatic heterocycles. The third kappa shape index (κ3) is 3.01. The standard InChI is InChI=1S/C17H21NO4S/c1-11-10-17(12(2)9-16(11)21-3)23(19,20)18-14-5-4-6-15-13(14)7-8-22-15/h7-10,14,18H,4-6H2,1-3H3. The number of rotatable bonds is 4. The molecule has 0 radical (unpaired) electrons. The highest BCUT2D eigenvalue weighted by molar-refractivity contribution is 7.89. The van der Waals surface area contributed by atoms with Crippen LogP contribution in [-0.4, -0.2) is 15.5 Å². The molecule has 5 nitrogen and oxygen atoms in total. The first kappa shape index (κ1) is 16.1. The second kappa shape index (κ2) is 6.02. The first-order valence-corrected chi connectivity index (χ1v) is 9.14. The molecule has 0 spiro atoms. The molecule has 23 heavy (non-hydrogen) atoms. The van der Waals surface area contributed by atoms with E-state index in [9.17, 15) is 8.42 Å². The van der Waals surface area contributed by atoms with Crippen LogP contribution in [0.3, 0.4) is 0 Å². The summed E-state index contributed by atoms with van der Waals surface area (Å²) < 4.78 is 39.2. The molecule has 3 rings (SSSR count). The zero-order valence-electron chi connectivity index (χ0n) is 13.5. The van der Waals surface area contributed by atoms with Gasteiger partial charge < -0.3 is 9.15 Å². The minimum Gasteiger partial charge on any atom is -0.496 e. The van der Waals surface area contributed by atoms with Crippen LogP contribution in [0.15, 0.2) is 33.8 Å². The second-order valence-electron chi connectivity index (χ2n) is 5.95. The minimum atomic E-state index is -3.61. The lowest BCUT2D eigenvalue weighted by Gasteiger charge is -2.23. The molecule has 124 valence electrons. The van der Waals surface area contributed by atoms with Crippen molar-refractivity contribution in [3.05, 3.63) is 46.9 Å². The summed E-state index contributed by atoms with van der Waals surface area (Å²) in [7, 11) is -2.03. The summed E-state index contributed by atoms with van der Waals surface area (Å²) in [5.41, 5.74) is 2.41. The van der Waals surface area contributed by atoms with Gasteiger partial charge >= 0.3 is 0 Å². The van der Waals surface area contributed by atoms with Crippen molar-refractivity contribution in [3.63, 3.8) is 0 Å². The Morgan fingerprint density at radius 3 is 2.78 bits per heavy atom. The first-order valence-electron chi connectivity index (χ1n) is 7.66. The Balaban J connectivity index is 1.93. The van der Waals surface area contributed by atoms with E-state index < -0.39 is 10.0 Å². The number of fused-ring (bicyclic) bond motifs is 1. The quantitative estimate of drug-likeness (QED) is 0.931. The fourth-order valence-corrected chi connectivity index (χ4v) is 4.69. The number of hydrogen-bond donors (Lipinski definition) is 1. The van der Waals surface area contributed by atoms with Crippen molar-refractivity contribution >= 4 is 10.0 Å². The molecule has 0 fully saturated rings. The van der Waals surface area contributed by atoms with Crippen molar-refractivity contribution in [2.24, 2.45) is 0 Å². The lowest BCUT2D eigenvalue weighted by molar-refractivity contribution is 0.410. The van der Waals surface area contributed by atoms with Crippen LogP contribution in [0.5, 0.6) is 5.75 Å². The Morgan fingerprint density at radius 1 is 1.26 bits per heavy atom. The smallest absolute Gasteiger partial charge is 0.241 e. The lowest BCUT2D eigenvalue weighted by atomic mass is 9.94. The van der Waals surface area contributed by atoms with Gasteiger partial charge in [0.1, 0.15) is 11.5 Å². The van der Waals surface area contributed by atoms with Crippen LogP contribution in [0.4, 0.5) is 0 Å². The summed E-state index contributed by atoms with van der Waals surface area (Å²) in [6.45, 7) is 3.62. The number of methoxy groups -OCH3 is 1. The molecule has 1 unspecified atom stereocenters. The first-order chi connectivity index (χ1) is 10.9. The van der Waals surface area contributed by atoms with Gasteiger partial charge in [0.2, 0.25) is 10.0 Å². The van der Waals surface area contributed by atoms with Gasteiger partial charge in [-0.15, -0.1) is 0 Å². The van der Waals surface area contributed by atoms with E-state index in [-0.39, 0.29) is 6.04 Å². The Kier molecular flexibility index (Phi) is 4.21. The molecule has 1 heterocycles. The van der Waals surface area contributed by atoms with Crippen LogP contribution in [-0.2, 0) is 16.4 Å². The number of ether oxygens (including phenoxy) is 1. The van der Waals surface area contributed by atoms with E-state index in [1.165, 1.54) is 0 Å². The molecule has 1 aromatic carbocycles. The van der Waals surface area contributed by atoms with Crippen molar-refractivity contribution in [3.8, 4) is 5.75 Å². The van der Waals surface area contributed by atoms with Crippen molar-refractivity contribution in [2.45, 2.75) is 44.0 Å². The van der Waals surface area contributed by atoms with Crippen LogP contribution in [0.2, 0.25) is 0 Å². The van der Waals surface area contributed by atoms with E-state index in [1.54, 1.807) is 32.4 Å². The number of hydrogen-bond acceptors (Lipinski definition) is 4. The van der Waals surface area contributed by atoms with Gasteiger partial charge in [0, 0.05) is 12.0 Å². The normalized spacial score (nSPS) is 17.8. The van der Waals surface area contributed by atoms with Crippen molar-refractivity contribution in [1.82, 2.24) is 4.72 Å². The molecule has 0 bridgehead atoms. The van der Waals surface area contributed by atoms with E-state index in [0.29, 0.717) is 16.2 Å². The van der Waals surface area contributed by atoms with Gasteiger partial charge in [-0.2, -0.15) is 0 Å². The van der Waals surface area contributed by atoms with E-state index in [0.717, 1.165) is 36.1 Å².